The minimum atomic E-state index is -1.17. The summed E-state index contributed by atoms with van der Waals surface area (Å²) in [4.78, 5) is 18.1. The number of pyridine rings is 1. The van der Waals surface area contributed by atoms with Gasteiger partial charge in [0.05, 0.1) is 26.0 Å². The van der Waals surface area contributed by atoms with E-state index in [4.69, 9.17) is 29.0 Å². The molecule has 0 unspecified atom stereocenters. The Kier molecular flexibility index (Phi) is 7.30. The van der Waals surface area contributed by atoms with Gasteiger partial charge in [-0.1, -0.05) is 12.1 Å². The van der Waals surface area contributed by atoms with Gasteiger partial charge in [-0.05, 0) is 54.1 Å². The van der Waals surface area contributed by atoms with Crippen molar-refractivity contribution in [2.24, 2.45) is 0 Å². The van der Waals surface area contributed by atoms with Gasteiger partial charge in [0, 0.05) is 53.6 Å². The molecule has 1 aromatic heterocycles. The van der Waals surface area contributed by atoms with Crippen LogP contribution in [0.5, 0.6) is 23.1 Å². The Morgan fingerprint density at radius 3 is 2.63 bits per heavy atom. The Morgan fingerprint density at radius 1 is 1.07 bits per heavy atom. The summed E-state index contributed by atoms with van der Waals surface area (Å²) in [6, 6.07) is 19.5. The first-order valence-corrected chi connectivity index (χ1v) is 13.2. The molecular weight excluding hydrogens is 529 g/mol. The maximum absolute atomic E-state index is 15.1. The zero-order valence-corrected chi connectivity index (χ0v) is 22.4. The normalized spacial score (nSPS) is 14.0. The van der Waals surface area contributed by atoms with Crippen molar-refractivity contribution in [3.63, 3.8) is 0 Å². The molecule has 0 atom stereocenters. The van der Waals surface area contributed by atoms with Crippen LogP contribution in [-0.2, 0) is 17.8 Å². The van der Waals surface area contributed by atoms with Crippen LogP contribution in [0.2, 0.25) is 0 Å². The van der Waals surface area contributed by atoms with Crippen LogP contribution in [0, 0.1) is 5.82 Å². The molecule has 0 spiro atoms. The smallest absolute Gasteiger partial charge is 0.409 e. The first-order chi connectivity index (χ1) is 20.0. The van der Waals surface area contributed by atoms with E-state index in [-0.39, 0.29) is 6.42 Å². The quantitative estimate of drug-likeness (QED) is 0.248. The number of hydrogen-bond acceptors (Lipinski definition) is 7. The highest BCUT2D eigenvalue weighted by molar-refractivity contribution is 5.83. The van der Waals surface area contributed by atoms with Crippen LogP contribution >= 0.6 is 0 Å². The van der Waals surface area contributed by atoms with Gasteiger partial charge in [0.15, 0.2) is 0 Å². The molecular formula is C31H28FN3O6. The number of morpholine rings is 1. The number of methoxy groups -OCH3 is 1. The fraction of sp³-hybridized carbons (Fsp3) is 0.226. The molecule has 41 heavy (non-hydrogen) atoms. The van der Waals surface area contributed by atoms with Gasteiger partial charge in [-0.3, -0.25) is 5.32 Å². The van der Waals surface area contributed by atoms with Crippen molar-refractivity contribution in [2.75, 3.05) is 43.6 Å². The third-order valence-corrected chi connectivity index (χ3v) is 7.08. The third kappa shape index (κ3) is 5.73. The molecule has 2 aliphatic heterocycles. The lowest BCUT2D eigenvalue weighted by Crippen LogP contribution is -2.36. The van der Waals surface area contributed by atoms with E-state index >= 15 is 4.39 Å². The van der Waals surface area contributed by atoms with Crippen LogP contribution in [0.4, 0.5) is 20.6 Å². The van der Waals surface area contributed by atoms with Gasteiger partial charge in [-0.25, -0.2) is 14.2 Å². The topological polar surface area (TPSA) is 102 Å². The van der Waals surface area contributed by atoms with Crippen LogP contribution in [0.1, 0.15) is 16.7 Å². The van der Waals surface area contributed by atoms with Gasteiger partial charge in [-0.2, -0.15) is 0 Å². The summed E-state index contributed by atoms with van der Waals surface area (Å²) >= 11 is 0. The summed E-state index contributed by atoms with van der Waals surface area (Å²) in [7, 11) is 1.62. The molecule has 10 heteroatoms. The van der Waals surface area contributed by atoms with Crippen molar-refractivity contribution in [3.05, 3.63) is 89.2 Å². The van der Waals surface area contributed by atoms with Gasteiger partial charge in [0.1, 0.15) is 29.7 Å². The molecule has 3 heterocycles. The van der Waals surface area contributed by atoms with E-state index < -0.39 is 11.9 Å². The van der Waals surface area contributed by atoms with Crippen molar-refractivity contribution in [3.8, 4) is 34.4 Å². The molecule has 2 aliphatic rings. The summed E-state index contributed by atoms with van der Waals surface area (Å²) in [6.45, 7) is 2.98. The van der Waals surface area contributed by atoms with Gasteiger partial charge in [0.2, 0.25) is 5.88 Å². The summed E-state index contributed by atoms with van der Waals surface area (Å²) in [5.74, 6) is 1.69. The van der Waals surface area contributed by atoms with Crippen LogP contribution in [0.3, 0.4) is 0 Å². The van der Waals surface area contributed by atoms with E-state index in [1.165, 1.54) is 6.07 Å². The number of carbonyl (C=O) groups is 1. The molecule has 0 saturated carbocycles. The van der Waals surface area contributed by atoms with E-state index in [0.29, 0.717) is 65.3 Å². The lowest BCUT2D eigenvalue weighted by atomic mass is 9.95. The summed E-state index contributed by atoms with van der Waals surface area (Å²) in [5.41, 5.74) is 4.54. The molecule has 4 aromatic rings. The molecule has 1 amide bonds. The zero-order valence-electron chi connectivity index (χ0n) is 22.4. The van der Waals surface area contributed by atoms with E-state index in [2.05, 4.69) is 10.2 Å². The summed E-state index contributed by atoms with van der Waals surface area (Å²) in [5, 5.41) is 11.4. The number of aromatic nitrogens is 1. The fourth-order valence-corrected chi connectivity index (χ4v) is 4.99. The molecule has 3 aromatic carbocycles. The summed E-state index contributed by atoms with van der Waals surface area (Å²) < 4.78 is 38.3. The highest BCUT2D eigenvalue weighted by Gasteiger charge is 2.26. The van der Waals surface area contributed by atoms with Gasteiger partial charge < -0.3 is 29.0 Å². The second kappa shape index (κ2) is 11.3. The number of hydrogen-bond donors (Lipinski definition) is 2. The zero-order chi connectivity index (χ0) is 28.3. The van der Waals surface area contributed by atoms with Crippen molar-refractivity contribution < 1.29 is 33.2 Å². The SMILES string of the molecule is COc1ccc(COc2cc(N3CCOCC3)cc(-c3ccc(F)c4c3Oc3ccc(NC(=O)O)cc3C4)n2)cc1. The molecule has 1 fully saturated rings. The van der Waals surface area contributed by atoms with E-state index in [0.717, 1.165) is 30.1 Å². The van der Waals surface area contributed by atoms with Crippen LogP contribution in [0.15, 0.2) is 66.7 Å². The number of rotatable bonds is 7. The Hall–Kier alpha value is -4.83. The second-order valence-corrected chi connectivity index (χ2v) is 9.72. The average Bonchev–Trinajstić information content (AvgIpc) is 3.00. The number of amides is 1. The second-order valence-electron chi connectivity index (χ2n) is 9.72. The van der Waals surface area contributed by atoms with E-state index in [1.54, 1.807) is 31.4 Å². The number of anilines is 2. The molecule has 0 aliphatic carbocycles. The average molecular weight is 558 g/mol. The number of nitrogens with zero attached hydrogens (tertiary/aromatic N) is 2. The molecule has 6 rings (SSSR count). The molecule has 0 radical (unpaired) electrons. The highest BCUT2D eigenvalue weighted by Crippen LogP contribution is 2.45. The van der Waals surface area contributed by atoms with Gasteiger partial charge in [-0.15, -0.1) is 0 Å². The molecule has 0 bridgehead atoms. The Balaban J connectivity index is 1.36. The largest absolute Gasteiger partial charge is 0.497 e. The third-order valence-electron chi connectivity index (χ3n) is 7.08. The number of fused-ring (bicyclic) bond motifs is 2. The number of halogens is 1. The molecule has 1 saturated heterocycles. The lowest BCUT2D eigenvalue weighted by Gasteiger charge is -2.29. The molecule has 9 nitrogen and oxygen atoms in total. The maximum Gasteiger partial charge on any atom is 0.409 e. The van der Waals surface area contributed by atoms with Gasteiger partial charge in [0.25, 0.3) is 0 Å². The number of benzene rings is 3. The standard InChI is InChI=1S/C31H28FN3O6/c1-38-23-5-2-19(3-6-23)18-40-29-17-22(35-10-12-39-13-11-35)16-27(34-29)24-7-8-26(32)25-15-20-14-21(33-31(36)37)4-9-28(20)41-30(24)25/h2-9,14,16-17,33H,10-13,15,18H2,1H3,(H,36,37). The lowest BCUT2D eigenvalue weighted by molar-refractivity contribution is 0.122. The van der Waals surface area contributed by atoms with Crippen molar-refractivity contribution in [1.82, 2.24) is 4.98 Å². The van der Waals surface area contributed by atoms with Gasteiger partial charge >= 0.3 is 6.09 Å². The number of ether oxygens (including phenoxy) is 4. The van der Waals surface area contributed by atoms with Crippen molar-refractivity contribution >= 4 is 17.5 Å². The van der Waals surface area contributed by atoms with Crippen LogP contribution in [0.25, 0.3) is 11.3 Å². The monoisotopic (exact) mass is 557 g/mol. The van der Waals surface area contributed by atoms with E-state index in [1.807, 2.05) is 36.4 Å². The predicted octanol–water partition coefficient (Wildman–Crippen LogP) is 6.10. The molecule has 2 N–H and O–H groups in total. The number of nitrogens with one attached hydrogen (secondary N) is 1. The molecule has 210 valence electrons. The van der Waals surface area contributed by atoms with Crippen molar-refractivity contribution in [1.29, 1.82) is 0 Å². The summed E-state index contributed by atoms with van der Waals surface area (Å²) in [6.07, 6.45) is -0.935. The minimum Gasteiger partial charge on any atom is -0.497 e. The van der Waals surface area contributed by atoms with Crippen LogP contribution in [-0.4, -0.2) is 49.6 Å². The maximum atomic E-state index is 15.1. The first-order valence-electron chi connectivity index (χ1n) is 13.2. The van der Waals surface area contributed by atoms with E-state index in [9.17, 15) is 4.79 Å². The Morgan fingerprint density at radius 2 is 1.88 bits per heavy atom. The predicted molar refractivity (Wildman–Crippen MR) is 151 cm³/mol. The Bertz CT molecular complexity index is 1590. The van der Waals surface area contributed by atoms with Crippen LogP contribution < -0.4 is 24.4 Å². The Labute approximate surface area is 236 Å². The minimum absolute atomic E-state index is 0.240. The fourth-order valence-electron chi connectivity index (χ4n) is 4.99. The van der Waals surface area contributed by atoms with Crippen molar-refractivity contribution in [2.45, 2.75) is 13.0 Å². The highest BCUT2D eigenvalue weighted by atomic mass is 19.1. The number of carboxylic acid groups (broad SMARTS) is 1. The first kappa shape index (κ1) is 26.4.